The summed E-state index contributed by atoms with van der Waals surface area (Å²) in [6.45, 7) is 7.91. The van der Waals surface area contributed by atoms with Gasteiger partial charge in [0.15, 0.2) is 5.96 Å². The number of ether oxygens (including phenoxy) is 2. The highest BCUT2D eigenvalue weighted by Gasteiger charge is 2.21. The minimum Gasteiger partial charge on any atom is -0.497 e. The number of guanidine groups is 1. The molecule has 188 valence electrons. The molecule has 1 unspecified atom stereocenters. The Balaban J connectivity index is 0.00000544. The second-order valence-electron chi connectivity index (χ2n) is 7.93. The molecule has 10 heteroatoms. The minimum atomic E-state index is -0.780. The van der Waals surface area contributed by atoms with Crippen LogP contribution in [0.25, 0.3) is 0 Å². The molecular formula is C23H40IN5O4. The van der Waals surface area contributed by atoms with Crippen molar-refractivity contribution in [2.24, 2.45) is 4.99 Å². The molecule has 0 radical (unpaired) electrons. The van der Waals surface area contributed by atoms with Crippen molar-refractivity contribution in [3.63, 3.8) is 0 Å². The number of amides is 1. The van der Waals surface area contributed by atoms with Crippen LogP contribution in [-0.4, -0.2) is 81.4 Å². The van der Waals surface area contributed by atoms with E-state index in [0.717, 1.165) is 45.4 Å². The first-order valence-corrected chi connectivity index (χ1v) is 11.4. The second-order valence-corrected chi connectivity index (χ2v) is 7.93. The van der Waals surface area contributed by atoms with E-state index in [1.807, 2.05) is 13.8 Å². The van der Waals surface area contributed by atoms with Crippen molar-refractivity contribution in [2.45, 2.75) is 45.3 Å². The lowest BCUT2D eigenvalue weighted by Crippen LogP contribution is -2.50. The predicted molar refractivity (Wildman–Crippen MR) is 142 cm³/mol. The highest BCUT2D eigenvalue weighted by Crippen LogP contribution is 2.26. The minimum absolute atomic E-state index is 0. The van der Waals surface area contributed by atoms with Gasteiger partial charge < -0.3 is 30.5 Å². The molecule has 1 amide bonds. The number of carbonyl (C=O) groups is 1. The fourth-order valence-electron chi connectivity index (χ4n) is 3.58. The summed E-state index contributed by atoms with van der Waals surface area (Å²) in [7, 11) is 3.17. The summed E-state index contributed by atoms with van der Waals surface area (Å²) in [4.78, 5) is 18.7. The average Bonchev–Trinajstić information content (AvgIpc) is 2.81. The zero-order chi connectivity index (χ0) is 23.3. The number of carbonyl (C=O) groups excluding carboxylic acids is 1. The molecule has 1 fully saturated rings. The number of halogens is 1. The molecule has 0 spiro atoms. The maximum absolute atomic E-state index is 11.9. The Morgan fingerprint density at radius 1 is 1.15 bits per heavy atom. The number of aliphatic hydroxyl groups excluding tert-OH is 1. The molecule has 0 aromatic heterocycles. The van der Waals surface area contributed by atoms with Crippen LogP contribution < -0.4 is 25.4 Å². The molecule has 33 heavy (non-hydrogen) atoms. The molecule has 0 saturated carbocycles. The lowest BCUT2D eigenvalue weighted by atomic mass is 10.1. The molecule has 0 bridgehead atoms. The zero-order valence-electron chi connectivity index (χ0n) is 20.2. The number of nitrogens with zero attached hydrogens (tertiary/aromatic N) is 2. The van der Waals surface area contributed by atoms with E-state index in [1.54, 1.807) is 32.4 Å². The molecule has 1 aliphatic heterocycles. The third-order valence-electron chi connectivity index (χ3n) is 5.39. The van der Waals surface area contributed by atoms with E-state index in [-0.39, 0.29) is 42.5 Å². The number of rotatable bonds is 11. The van der Waals surface area contributed by atoms with E-state index in [9.17, 15) is 9.90 Å². The predicted octanol–water partition coefficient (Wildman–Crippen LogP) is 1.90. The lowest BCUT2D eigenvalue weighted by Gasteiger charge is -2.32. The number of hydrogen-bond donors (Lipinski definition) is 4. The van der Waals surface area contributed by atoms with Crippen molar-refractivity contribution in [2.75, 3.05) is 53.5 Å². The highest BCUT2D eigenvalue weighted by molar-refractivity contribution is 14.0. The smallest absolute Gasteiger partial charge is 0.234 e. The Morgan fingerprint density at radius 2 is 1.79 bits per heavy atom. The third-order valence-corrected chi connectivity index (χ3v) is 5.39. The van der Waals surface area contributed by atoms with Gasteiger partial charge in [-0.05, 0) is 43.9 Å². The quantitative estimate of drug-likeness (QED) is 0.181. The van der Waals surface area contributed by atoms with Crippen molar-refractivity contribution in [1.82, 2.24) is 20.9 Å². The topological polar surface area (TPSA) is 107 Å². The van der Waals surface area contributed by atoms with Gasteiger partial charge >= 0.3 is 0 Å². The maximum atomic E-state index is 11.9. The van der Waals surface area contributed by atoms with Gasteiger partial charge in [-0.25, -0.2) is 0 Å². The molecule has 2 rings (SSSR count). The van der Waals surface area contributed by atoms with Gasteiger partial charge in [0.25, 0.3) is 0 Å². The van der Waals surface area contributed by atoms with Crippen LogP contribution in [0, 0.1) is 0 Å². The highest BCUT2D eigenvalue weighted by atomic mass is 127. The van der Waals surface area contributed by atoms with Gasteiger partial charge in [-0.1, -0.05) is 6.92 Å². The molecule has 1 aromatic carbocycles. The van der Waals surface area contributed by atoms with Gasteiger partial charge in [0.05, 0.1) is 33.4 Å². The van der Waals surface area contributed by atoms with E-state index < -0.39 is 6.10 Å². The van der Waals surface area contributed by atoms with Crippen LogP contribution in [0.5, 0.6) is 11.5 Å². The van der Waals surface area contributed by atoms with Crippen LogP contribution in [0.4, 0.5) is 0 Å². The standard InChI is InChI=1S/C23H39N5O4.HI/c1-5-9-25-22(30)16-28-10-7-18(8-11-28)27-23(24-6-2)26-15-21(29)17-12-19(31-3)14-20(13-17)32-4;/h12-14,18,21,29H,5-11,15-16H2,1-4H3,(H,25,30)(H2,24,26,27);1H. The number of benzene rings is 1. The van der Waals surface area contributed by atoms with Gasteiger partial charge in [-0.3, -0.25) is 14.7 Å². The molecule has 0 aliphatic carbocycles. The number of piperidine rings is 1. The summed E-state index contributed by atoms with van der Waals surface area (Å²) < 4.78 is 10.6. The monoisotopic (exact) mass is 577 g/mol. The molecule has 1 heterocycles. The zero-order valence-corrected chi connectivity index (χ0v) is 22.6. The number of aliphatic imine (C=N–C) groups is 1. The summed E-state index contributed by atoms with van der Waals surface area (Å²) in [5.74, 6) is 2.03. The van der Waals surface area contributed by atoms with Crippen molar-refractivity contribution in [3.8, 4) is 11.5 Å². The first kappa shape index (κ1) is 29.2. The van der Waals surface area contributed by atoms with E-state index in [1.165, 1.54) is 0 Å². The largest absolute Gasteiger partial charge is 0.497 e. The number of likely N-dealkylation sites (tertiary alicyclic amines) is 1. The Hall–Kier alpha value is -1.79. The number of aliphatic hydroxyl groups is 1. The number of methoxy groups -OCH3 is 2. The second kappa shape index (κ2) is 15.9. The molecule has 1 aromatic rings. The molecule has 9 nitrogen and oxygen atoms in total. The molecule has 4 N–H and O–H groups in total. The normalized spacial score (nSPS) is 15.8. The van der Waals surface area contributed by atoms with Crippen LogP contribution in [-0.2, 0) is 4.79 Å². The van der Waals surface area contributed by atoms with Gasteiger partial charge in [0, 0.05) is 38.3 Å². The van der Waals surface area contributed by atoms with E-state index in [0.29, 0.717) is 29.6 Å². The fourth-order valence-corrected chi connectivity index (χ4v) is 3.58. The van der Waals surface area contributed by atoms with E-state index in [2.05, 4.69) is 25.8 Å². The lowest BCUT2D eigenvalue weighted by molar-refractivity contribution is -0.122. The molecular weight excluding hydrogens is 537 g/mol. The van der Waals surface area contributed by atoms with Crippen molar-refractivity contribution in [1.29, 1.82) is 0 Å². The Morgan fingerprint density at radius 3 is 2.33 bits per heavy atom. The molecule has 1 saturated heterocycles. The fraction of sp³-hybridized carbons (Fsp3) is 0.652. The van der Waals surface area contributed by atoms with Crippen LogP contribution >= 0.6 is 24.0 Å². The van der Waals surface area contributed by atoms with Crippen LogP contribution in [0.1, 0.15) is 44.8 Å². The summed E-state index contributed by atoms with van der Waals surface area (Å²) in [6, 6.07) is 5.62. The first-order chi connectivity index (χ1) is 15.5. The molecule has 1 aliphatic rings. The SMILES string of the molecule is CCCNC(=O)CN1CCC(NC(=NCC(O)c2cc(OC)cc(OC)c2)NCC)CC1.I. The van der Waals surface area contributed by atoms with Gasteiger partial charge in [0.2, 0.25) is 5.91 Å². The van der Waals surface area contributed by atoms with Gasteiger partial charge in [-0.2, -0.15) is 0 Å². The summed E-state index contributed by atoms with van der Waals surface area (Å²) in [6.07, 6.45) is 2.03. The van der Waals surface area contributed by atoms with Gasteiger partial charge in [-0.15, -0.1) is 24.0 Å². The Labute approximate surface area is 214 Å². The third kappa shape index (κ3) is 10.3. The summed E-state index contributed by atoms with van der Waals surface area (Å²) in [5, 5.41) is 20.3. The van der Waals surface area contributed by atoms with E-state index in [4.69, 9.17) is 9.47 Å². The van der Waals surface area contributed by atoms with Crippen molar-refractivity contribution >= 4 is 35.8 Å². The van der Waals surface area contributed by atoms with Gasteiger partial charge in [0.1, 0.15) is 11.5 Å². The van der Waals surface area contributed by atoms with Crippen molar-refractivity contribution < 1.29 is 19.4 Å². The van der Waals surface area contributed by atoms with Crippen LogP contribution in [0.2, 0.25) is 0 Å². The van der Waals surface area contributed by atoms with E-state index >= 15 is 0 Å². The van der Waals surface area contributed by atoms with Crippen molar-refractivity contribution in [3.05, 3.63) is 23.8 Å². The number of nitrogens with one attached hydrogen (secondary N) is 3. The first-order valence-electron chi connectivity index (χ1n) is 11.4. The average molecular weight is 578 g/mol. The van der Waals surface area contributed by atoms with Crippen LogP contribution in [0.15, 0.2) is 23.2 Å². The Kier molecular flexibility index (Phi) is 14.1. The number of hydrogen-bond acceptors (Lipinski definition) is 6. The summed E-state index contributed by atoms with van der Waals surface area (Å²) >= 11 is 0. The maximum Gasteiger partial charge on any atom is 0.234 e. The summed E-state index contributed by atoms with van der Waals surface area (Å²) in [5.41, 5.74) is 0.690. The molecule has 1 atom stereocenters. The van der Waals surface area contributed by atoms with Crippen LogP contribution in [0.3, 0.4) is 0 Å². The Bertz CT molecular complexity index is 719.